The van der Waals surface area contributed by atoms with Gasteiger partial charge in [-0.25, -0.2) is 14.4 Å². The van der Waals surface area contributed by atoms with Crippen LogP contribution in [0.15, 0.2) is 73.3 Å². The smallest absolute Gasteiger partial charge is 0.461 e. The molecule has 9 heteroatoms. The Labute approximate surface area is 189 Å². The summed E-state index contributed by atoms with van der Waals surface area (Å²) in [5.41, 5.74) is -0.582. The number of carbonyl (C=O) groups excluding carboxylic acids is 3. The quantitative estimate of drug-likeness (QED) is 0.362. The normalized spacial score (nSPS) is 21.9. The molecule has 1 unspecified atom stereocenters. The van der Waals surface area contributed by atoms with Crippen LogP contribution in [0.3, 0.4) is 0 Å². The first-order chi connectivity index (χ1) is 15.5. The van der Waals surface area contributed by atoms with E-state index < -0.39 is 41.0 Å². The maximum Gasteiger partial charge on any atom is 0.509 e. The lowest BCUT2D eigenvalue weighted by molar-refractivity contribution is -0.0645. The van der Waals surface area contributed by atoms with Crippen molar-refractivity contribution in [2.75, 3.05) is 13.2 Å². The summed E-state index contributed by atoms with van der Waals surface area (Å²) in [5, 5.41) is 9.77. The van der Waals surface area contributed by atoms with Crippen molar-refractivity contribution in [1.82, 2.24) is 0 Å². The number of carbonyl (C=O) groups is 3. The number of aliphatic hydroxyl groups excluding tert-OH is 1. The van der Waals surface area contributed by atoms with E-state index in [4.69, 9.17) is 18.9 Å². The molecular weight excluding hydrogens is 436 g/mol. The Balaban J connectivity index is 1.72. The minimum atomic E-state index is -1.22. The van der Waals surface area contributed by atoms with E-state index >= 15 is 0 Å². The third-order valence-electron chi connectivity index (χ3n) is 4.48. The van der Waals surface area contributed by atoms with Crippen LogP contribution >= 0.6 is 11.8 Å². The molecule has 1 heterocycles. The molecule has 1 aliphatic heterocycles. The lowest BCUT2D eigenvalue weighted by Crippen LogP contribution is -2.42. The van der Waals surface area contributed by atoms with E-state index in [1.54, 1.807) is 60.7 Å². The van der Waals surface area contributed by atoms with Gasteiger partial charge in [-0.3, -0.25) is 0 Å². The van der Waals surface area contributed by atoms with Crippen molar-refractivity contribution < 1.29 is 38.4 Å². The molecule has 1 saturated heterocycles. The molecule has 1 fully saturated rings. The molecule has 2 aromatic carbocycles. The van der Waals surface area contributed by atoms with Gasteiger partial charge in [0.2, 0.25) is 0 Å². The van der Waals surface area contributed by atoms with Crippen LogP contribution in [0, 0.1) is 0 Å². The van der Waals surface area contributed by atoms with E-state index in [0.29, 0.717) is 5.56 Å². The van der Waals surface area contributed by atoms with E-state index in [9.17, 15) is 19.5 Å². The lowest BCUT2D eigenvalue weighted by Gasteiger charge is -2.24. The summed E-state index contributed by atoms with van der Waals surface area (Å²) < 4.78 is 20.9. The zero-order valence-corrected chi connectivity index (χ0v) is 17.8. The van der Waals surface area contributed by atoms with Gasteiger partial charge in [-0.1, -0.05) is 49.1 Å². The first kappa shape index (κ1) is 23.4. The lowest BCUT2D eigenvalue weighted by atomic mass is 10.1. The summed E-state index contributed by atoms with van der Waals surface area (Å²) >= 11 is 0.970. The molecule has 4 atom stereocenters. The van der Waals surface area contributed by atoms with Crippen molar-refractivity contribution in [2.24, 2.45) is 0 Å². The number of aliphatic hydroxyl groups is 1. The fraction of sp³-hybridized carbons (Fsp3) is 0.261. The highest BCUT2D eigenvalue weighted by Gasteiger charge is 2.49. The summed E-state index contributed by atoms with van der Waals surface area (Å²) in [4.78, 5) is 36.8. The average Bonchev–Trinajstić information content (AvgIpc) is 3.11. The number of benzene rings is 2. The van der Waals surface area contributed by atoms with Crippen LogP contribution in [-0.2, 0) is 18.9 Å². The molecule has 0 aliphatic carbocycles. The molecule has 168 valence electrons. The highest BCUT2D eigenvalue weighted by molar-refractivity contribution is 8.00. The second-order valence-corrected chi connectivity index (χ2v) is 8.06. The van der Waals surface area contributed by atoms with Crippen LogP contribution in [0.1, 0.15) is 20.7 Å². The maximum absolute atomic E-state index is 12.6. The van der Waals surface area contributed by atoms with Crippen LogP contribution in [0.2, 0.25) is 0 Å². The topological polar surface area (TPSA) is 108 Å². The van der Waals surface area contributed by atoms with E-state index in [1.165, 1.54) is 6.08 Å². The van der Waals surface area contributed by atoms with Gasteiger partial charge in [0.25, 0.3) is 0 Å². The third-order valence-corrected chi connectivity index (χ3v) is 5.78. The standard InChI is InChI=1S/C23H22O8S/c1-2-13-28-23(27)31-19-18(30-21(25)16-11-7-4-8-12-16)17(32-22(19)26)14-29-20(24)15-9-5-3-6-10-15/h2-12,17-19,22,26H,1,13-14H2/t17-,18-,19-,22?/m0/s1. The van der Waals surface area contributed by atoms with E-state index in [2.05, 4.69) is 6.58 Å². The van der Waals surface area contributed by atoms with Crippen LogP contribution in [0.4, 0.5) is 4.79 Å². The molecule has 0 radical (unpaired) electrons. The Bertz CT molecular complexity index is 934. The second-order valence-electron chi connectivity index (χ2n) is 6.70. The summed E-state index contributed by atoms with van der Waals surface area (Å²) in [6.45, 7) is 3.18. The Kier molecular flexibility index (Phi) is 8.29. The van der Waals surface area contributed by atoms with Gasteiger partial charge in [-0.2, -0.15) is 0 Å². The predicted octanol–water partition coefficient (Wildman–Crippen LogP) is 3.21. The molecule has 32 heavy (non-hydrogen) atoms. The minimum Gasteiger partial charge on any atom is -0.461 e. The van der Waals surface area contributed by atoms with Crippen molar-refractivity contribution in [3.05, 3.63) is 84.4 Å². The van der Waals surface area contributed by atoms with E-state index in [0.717, 1.165) is 11.8 Å². The number of esters is 2. The van der Waals surface area contributed by atoms with Gasteiger partial charge in [0.1, 0.15) is 18.6 Å². The first-order valence-corrected chi connectivity index (χ1v) is 10.7. The molecule has 0 spiro atoms. The average molecular weight is 458 g/mol. The molecular formula is C23H22O8S. The number of ether oxygens (including phenoxy) is 4. The van der Waals surface area contributed by atoms with Crippen molar-refractivity contribution in [2.45, 2.75) is 22.9 Å². The fourth-order valence-corrected chi connectivity index (χ4v) is 4.20. The molecule has 1 N–H and O–H groups in total. The molecule has 0 amide bonds. The van der Waals surface area contributed by atoms with Crippen molar-refractivity contribution in [3.63, 3.8) is 0 Å². The van der Waals surface area contributed by atoms with E-state index in [1.807, 2.05) is 0 Å². The Morgan fingerprint density at radius 3 is 2.06 bits per heavy atom. The fourth-order valence-electron chi connectivity index (χ4n) is 2.96. The summed E-state index contributed by atoms with van der Waals surface area (Å²) in [7, 11) is 0. The zero-order valence-electron chi connectivity index (χ0n) is 17.0. The molecule has 0 aromatic heterocycles. The molecule has 8 nitrogen and oxygen atoms in total. The number of hydrogen-bond acceptors (Lipinski definition) is 9. The number of rotatable bonds is 8. The molecule has 2 aromatic rings. The molecule has 0 bridgehead atoms. The van der Waals surface area contributed by atoms with Crippen molar-refractivity contribution >= 4 is 29.9 Å². The molecule has 1 aliphatic rings. The van der Waals surface area contributed by atoms with Gasteiger partial charge in [-0.15, -0.1) is 11.8 Å². The van der Waals surface area contributed by atoms with Crippen LogP contribution in [0.25, 0.3) is 0 Å². The minimum absolute atomic E-state index is 0.0820. The van der Waals surface area contributed by atoms with Gasteiger partial charge in [-0.05, 0) is 24.3 Å². The summed E-state index contributed by atoms with van der Waals surface area (Å²) in [6.07, 6.45) is -1.98. The summed E-state index contributed by atoms with van der Waals surface area (Å²) in [6, 6.07) is 16.6. The maximum atomic E-state index is 12.6. The van der Waals surface area contributed by atoms with Gasteiger partial charge in [0, 0.05) is 0 Å². The van der Waals surface area contributed by atoms with Gasteiger partial charge in [0.15, 0.2) is 12.2 Å². The predicted molar refractivity (Wildman–Crippen MR) is 116 cm³/mol. The van der Waals surface area contributed by atoms with Crippen molar-refractivity contribution in [3.8, 4) is 0 Å². The van der Waals surface area contributed by atoms with Crippen LogP contribution in [-0.4, -0.2) is 59.3 Å². The zero-order chi connectivity index (χ0) is 22.9. The number of hydrogen-bond donors (Lipinski definition) is 1. The molecule has 3 rings (SSSR count). The van der Waals surface area contributed by atoms with Crippen LogP contribution < -0.4 is 0 Å². The SMILES string of the molecule is C=CCOC(=O)O[C@@H]1C(O)S[C@@H](COC(=O)c2ccccc2)[C@@H]1OC(=O)c1ccccc1. The Morgan fingerprint density at radius 2 is 1.47 bits per heavy atom. The summed E-state index contributed by atoms with van der Waals surface area (Å²) in [5.74, 6) is -1.23. The Morgan fingerprint density at radius 1 is 0.875 bits per heavy atom. The van der Waals surface area contributed by atoms with Gasteiger partial charge in [0.05, 0.1) is 16.4 Å². The number of thioether (sulfide) groups is 1. The largest absolute Gasteiger partial charge is 0.509 e. The van der Waals surface area contributed by atoms with Gasteiger partial charge >= 0.3 is 18.1 Å². The van der Waals surface area contributed by atoms with Gasteiger partial charge < -0.3 is 24.1 Å². The van der Waals surface area contributed by atoms with Crippen LogP contribution in [0.5, 0.6) is 0 Å². The molecule has 0 saturated carbocycles. The van der Waals surface area contributed by atoms with E-state index in [-0.39, 0.29) is 18.8 Å². The Hall–Kier alpha value is -3.30. The highest BCUT2D eigenvalue weighted by atomic mass is 32.2. The highest BCUT2D eigenvalue weighted by Crippen LogP contribution is 2.37. The monoisotopic (exact) mass is 458 g/mol. The van der Waals surface area contributed by atoms with Crippen molar-refractivity contribution in [1.29, 1.82) is 0 Å². The second kappa shape index (κ2) is 11.4. The third kappa shape index (κ3) is 6.12. The first-order valence-electron chi connectivity index (χ1n) is 9.75.